The van der Waals surface area contributed by atoms with Crippen molar-refractivity contribution < 1.29 is 0 Å². The first kappa shape index (κ1) is 15.3. The lowest BCUT2D eigenvalue weighted by atomic mass is 10.3. The molecule has 0 saturated carbocycles. The number of nitrogens with zero attached hydrogens (tertiary/aromatic N) is 2. The smallest absolute Gasteiger partial charge is 0.132 e. The van der Waals surface area contributed by atoms with E-state index in [4.69, 9.17) is 0 Å². The summed E-state index contributed by atoms with van der Waals surface area (Å²) in [6.07, 6.45) is 1.96. The predicted octanol–water partition coefficient (Wildman–Crippen LogP) is 4.40. The van der Waals surface area contributed by atoms with Crippen LogP contribution in [0.4, 0.5) is 5.82 Å². The van der Waals surface area contributed by atoms with Crippen molar-refractivity contribution in [1.29, 1.82) is 0 Å². The maximum Gasteiger partial charge on any atom is 0.132 e. The highest BCUT2D eigenvalue weighted by molar-refractivity contribution is 9.10. The zero-order valence-electron chi connectivity index (χ0n) is 11.5. The molecule has 0 amide bonds. The number of benzene rings is 1. The van der Waals surface area contributed by atoms with Gasteiger partial charge in [-0.3, -0.25) is 0 Å². The molecule has 1 heterocycles. The second kappa shape index (κ2) is 8.27. The summed E-state index contributed by atoms with van der Waals surface area (Å²) in [5, 5.41) is 3.35. The second-order valence-electron chi connectivity index (χ2n) is 4.33. The lowest BCUT2D eigenvalue weighted by Crippen LogP contribution is -2.08. The first-order valence-electron chi connectivity index (χ1n) is 6.73. The number of nitrogens with one attached hydrogen (secondary N) is 1. The fourth-order valence-electron chi connectivity index (χ4n) is 1.76. The second-order valence-corrected chi connectivity index (χ2v) is 6.31. The predicted molar refractivity (Wildman–Crippen MR) is 89.4 cm³/mol. The number of aryl methyl sites for hydroxylation is 1. The van der Waals surface area contributed by atoms with Crippen LogP contribution in [-0.4, -0.2) is 22.3 Å². The summed E-state index contributed by atoms with van der Waals surface area (Å²) < 4.78 is 0.842. The Labute approximate surface area is 132 Å². The molecule has 0 spiro atoms. The van der Waals surface area contributed by atoms with Gasteiger partial charge in [-0.05, 0) is 34.5 Å². The molecule has 0 aliphatic rings. The molecular weight excluding hydrogens is 334 g/mol. The minimum absolute atomic E-state index is 0.842. The zero-order chi connectivity index (χ0) is 14.2. The van der Waals surface area contributed by atoms with Crippen molar-refractivity contribution in [1.82, 2.24) is 9.97 Å². The van der Waals surface area contributed by atoms with E-state index in [1.54, 1.807) is 0 Å². The van der Waals surface area contributed by atoms with Crippen molar-refractivity contribution in [2.24, 2.45) is 0 Å². The van der Waals surface area contributed by atoms with Gasteiger partial charge in [-0.1, -0.05) is 25.1 Å². The van der Waals surface area contributed by atoms with E-state index in [2.05, 4.69) is 62.4 Å². The van der Waals surface area contributed by atoms with E-state index < -0.39 is 0 Å². The van der Waals surface area contributed by atoms with Crippen LogP contribution in [0.2, 0.25) is 0 Å². The molecule has 1 aromatic heterocycles. The number of halogens is 1. The Kier molecular flexibility index (Phi) is 6.33. The normalized spacial score (nSPS) is 10.5. The maximum absolute atomic E-state index is 4.51. The molecule has 3 nitrogen and oxygen atoms in total. The average molecular weight is 352 g/mol. The largest absolute Gasteiger partial charge is 0.369 e. The van der Waals surface area contributed by atoms with Crippen molar-refractivity contribution in [3.8, 4) is 0 Å². The highest BCUT2D eigenvalue weighted by Crippen LogP contribution is 2.17. The highest BCUT2D eigenvalue weighted by atomic mass is 79.9. The third-order valence-corrected chi connectivity index (χ3v) is 4.05. The topological polar surface area (TPSA) is 37.8 Å². The molecule has 0 bridgehead atoms. The van der Waals surface area contributed by atoms with Crippen molar-refractivity contribution in [2.75, 3.05) is 17.6 Å². The monoisotopic (exact) mass is 351 g/mol. The van der Waals surface area contributed by atoms with Crippen LogP contribution >= 0.6 is 27.7 Å². The summed E-state index contributed by atoms with van der Waals surface area (Å²) in [4.78, 5) is 10.2. The SMILES string of the molecule is CCCc1nc(Br)cc(NCCSc2ccccc2)n1. The van der Waals surface area contributed by atoms with Gasteiger partial charge in [0.1, 0.15) is 16.2 Å². The molecule has 2 rings (SSSR count). The molecule has 20 heavy (non-hydrogen) atoms. The van der Waals surface area contributed by atoms with Crippen LogP contribution in [0, 0.1) is 0 Å². The number of thioether (sulfide) groups is 1. The Hall–Kier alpha value is -1.07. The van der Waals surface area contributed by atoms with Gasteiger partial charge in [0, 0.05) is 29.7 Å². The van der Waals surface area contributed by atoms with Crippen LogP contribution in [0.5, 0.6) is 0 Å². The van der Waals surface area contributed by atoms with Crippen molar-refractivity contribution in [2.45, 2.75) is 24.7 Å². The summed E-state index contributed by atoms with van der Waals surface area (Å²) in [5.74, 6) is 2.79. The maximum atomic E-state index is 4.51. The number of hydrogen-bond donors (Lipinski definition) is 1. The molecule has 0 aliphatic heterocycles. The Morgan fingerprint density at radius 2 is 2.00 bits per heavy atom. The molecule has 1 N–H and O–H groups in total. The van der Waals surface area contributed by atoms with E-state index in [0.29, 0.717) is 0 Å². The molecule has 0 unspecified atom stereocenters. The molecule has 2 aromatic rings. The summed E-state index contributed by atoms with van der Waals surface area (Å²) in [5.41, 5.74) is 0. The third kappa shape index (κ3) is 5.13. The quantitative estimate of drug-likeness (QED) is 0.455. The lowest BCUT2D eigenvalue weighted by Gasteiger charge is -2.07. The molecule has 0 atom stereocenters. The van der Waals surface area contributed by atoms with Gasteiger partial charge < -0.3 is 5.32 Å². The number of aromatic nitrogens is 2. The van der Waals surface area contributed by atoms with Crippen LogP contribution in [-0.2, 0) is 6.42 Å². The van der Waals surface area contributed by atoms with Crippen LogP contribution in [0.3, 0.4) is 0 Å². The first-order valence-corrected chi connectivity index (χ1v) is 8.51. The highest BCUT2D eigenvalue weighted by Gasteiger charge is 2.02. The van der Waals surface area contributed by atoms with E-state index >= 15 is 0 Å². The molecule has 1 aromatic carbocycles. The van der Waals surface area contributed by atoms with Crippen LogP contribution in [0.25, 0.3) is 0 Å². The third-order valence-electron chi connectivity index (χ3n) is 2.63. The van der Waals surface area contributed by atoms with Gasteiger partial charge in [0.05, 0.1) is 0 Å². The Balaban J connectivity index is 1.81. The fraction of sp³-hybridized carbons (Fsp3) is 0.333. The van der Waals surface area contributed by atoms with Crippen LogP contribution < -0.4 is 5.32 Å². The molecule has 0 fully saturated rings. The summed E-state index contributed by atoms with van der Waals surface area (Å²) >= 11 is 5.27. The Morgan fingerprint density at radius 1 is 1.20 bits per heavy atom. The Bertz CT molecular complexity index is 534. The minimum Gasteiger partial charge on any atom is -0.369 e. The number of anilines is 1. The van der Waals surface area contributed by atoms with Crippen molar-refractivity contribution in [3.63, 3.8) is 0 Å². The van der Waals surface area contributed by atoms with E-state index in [1.165, 1.54) is 4.90 Å². The van der Waals surface area contributed by atoms with Crippen LogP contribution in [0.15, 0.2) is 45.9 Å². The van der Waals surface area contributed by atoms with Crippen LogP contribution in [0.1, 0.15) is 19.2 Å². The summed E-state index contributed by atoms with van der Waals surface area (Å²) in [7, 11) is 0. The molecule has 0 radical (unpaired) electrons. The minimum atomic E-state index is 0.842. The van der Waals surface area contributed by atoms with Gasteiger partial charge in [0.15, 0.2) is 0 Å². The lowest BCUT2D eigenvalue weighted by molar-refractivity contribution is 0.829. The van der Waals surface area contributed by atoms with Gasteiger partial charge in [-0.15, -0.1) is 11.8 Å². The van der Waals surface area contributed by atoms with E-state index in [-0.39, 0.29) is 0 Å². The zero-order valence-corrected chi connectivity index (χ0v) is 13.9. The number of hydrogen-bond acceptors (Lipinski definition) is 4. The van der Waals surface area contributed by atoms with E-state index in [0.717, 1.165) is 41.4 Å². The van der Waals surface area contributed by atoms with Gasteiger partial charge in [0.2, 0.25) is 0 Å². The van der Waals surface area contributed by atoms with Gasteiger partial charge in [-0.2, -0.15) is 0 Å². The van der Waals surface area contributed by atoms with Gasteiger partial charge >= 0.3 is 0 Å². The number of rotatable bonds is 7. The standard InChI is InChI=1S/C15H18BrN3S/c1-2-6-14-18-13(16)11-15(19-14)17-9-10-20-12-7-4-3-5-8-12/h3-5,7-8,11H,2,6,9-10H2,1H3,(H,17,18,19). The molecular formula is C15H18BrN3S. The van der Waals surface area contributed by atoms with E-state index in [9.17, 15) is 0 Å². The average Bonchev–Trinajstić information content (AvgIpc) is 2.45. The van der Waals surface area contributed by atoms with Gasteiger partial charge in [0.25, 0.3) is 0 Å². The Morgan fingerprint density at radius 3 is 2.75 bits per heavy atom. The molecule has 0 aliphatic carbocycles. The van der Waals surface area contributed by atoms with Crippen molar-refractivity contribution in [3.05, 3.63) is 46.8 Å². The van der Waals surface area contributed by atoms with E-state index in [1.807, 2.05) is 23.9 Å². The van der Waals surface area contributed by atoms with Gasteiger partial charge in [-0.25, -0.2) is 9.97 Å². The first-order chi connectivity index (χ1) is 9.78. The summed E-state index contributed by atoms with van der Waals surface area (Å²) in [6, 6.07) is 12.3. The van der Waals surface area contributed by atoms with Crippen molar-refractivity contribution >= 4 is 33.5 Å². The molecule has 0 saturated heterocycles. The molecule has 106 valence electrons. The fourth-order valence-corrected chi connectivity index (χ4v) is 2.97. The summed E-state index contributed by atoms with van der Waals surface area (Å²) in [6.45, 7) is 3.02. The molecule has 5 heteroatoms.